The van der Waals surface area contributed by atoms with E-state index in [0.717, 1.165) is 28.3 Å². The fraction of sp³-hybridized carbons (Fsp3) is 0.286. The van der Waals surface area contributed by atoms with Crippen LogP contribution in [0.5, 0.6) is 11.5 Å². The number of nitrogens with one attached hydrogen (secondary N) is 1. The molecule has 0 bridgehead atoms. The van der Waals surface area contributed by atoms with E-state index in [4.69, 9.17) is 14.0 Å². The highest BCUT2D eigenvalue weighted by atomic mass is 16.5. The second-order valence-electron chi connectivity index (χ2n) is 6.84. The molecule has 6 heteroatoms. The third-order valence-corrected chi connectivity index (χ3v) is 4.86. The van der Waals surface area contributed by atoms with Crippen LogP contribution in [0.4, 0.5) is 0 Å². The summed E-state index contributed by atoms with van der Waals surface area (Å²) in [6.07, 6.45) is 0.695. The van der Waals surface area contributed by atoms with E-state index >= 15 is 0 Å². The first-order valence-electron chi connectivity index (χ1n) is 8.87. The first kappa shape index (κ1) is 17.6. The molecular formula is C21H22N2O4. The van der Waals surface area contributed by atoms with Crippen molar-refractivity contribution in [3.8, 4) is 22.8 Å². The molecule has 6 nitrogen and oxygen atoms in total. The van der Waals surface area contributed by atoms with Crippen molar-refractivity contribution < 1.29 is 19.1 Å². The van der Waals surface area contributed by atoms with Crippen LogP contribution < -0.4 is 10.1 Å². The Hall–Kier alpha value is -2.83. The van der Waals surface area contributed by atoms with E-state index in [-0.39, 0.29) is 5.54 Å². The summed E-state index contributed by atoms with van der Waals surface area (Å²) in [5.41, 5.74) is 2.49. The molecule has 1 aliphatic rings. The summed E-state index contributed by atoms with van der Waals surface area (Å²) < 4.78 is 16.2. The van der Waals surface area contributed by atoms with E-state index in [9.17, 15) is 5.11 Å². The van der Waals surface area contributed by atoms with E-state index in [0.29, 0.717) is 31.9 Å². The summed E-state index contributed by atoms with van der Waals surface area (Å²) >= 11 is 0. The van der Waals surface area contributed by atoms with Gasteiger partial charge in [0.1, 0.15) is 11.5 Å². The van der Waals surface area contributed by atoms with Crippen LogP contribution in [0.15, 0.2) is 59.1 Å². The van der Waals surface area contributed by atoms with Crippen LogP contribution >= 0.6 is 0 Å². The van der Waals surface area contributed by atoms with E-state index in [2.05, 4.69) is 10.5 Å². The SMILES string of the molecule is COc1ccc(-c2cc(CC3(NCc4ccccc4O)COC3)no2)cc1. The van der Waals surface area contributed by atoms with Crippen LogP contribution in [0.1, 0.15) is 11.3 Å². The van der Waals surface area contributed by atoms with Gasteiger partial charge in [-0.3, -0.25) is 0 Å². The van der Waals surface area contributed by atoms with Gasteiger partial charge in [-0.1, -0.05) is 23.4 Å². The summed E-state index contributed by atoms with van der Waals surface area (Å²) in [6.45, 7) is 1.77. The summed E-state index contributed by atoms with van der Waals surface area (Å²) in [7, 11) is 1.64. The Bertz CT molecular complexity index is 901. The Labute approximate surface area is 157 Å². The molecule has 0 radical (unpaired) electrons. The molecule has 1 aromatic heterocycles. The first-order valence-corrected chi connectivity index (χ1v) is 8.87. The third-order valence-electron chi connectivity index (χ3n) is 4.86. The lowest BCUT2D eigenvalue weighted by atomic mass is 9.90. The van der Waals surface area contributed by atoms with Gasteiger partial charge >= 0.3 is 0 Å². The zero-order valence-electron chi connectivity index (χ0n) is 15.1. The number of hydrogen-bond acceptors (Lipinski definition) is 6. The maximum Gasteiger partial charge on any atom is 0.167 e. The van der Waals surface area contributed by atoms with Crippen LogP contribution in [0.25, 0.3) is 11.3 Å². The first-order chi connectivity index (χ1) is 13.2. The quantitative estimate of drug-likeness (QED) is 0.669. The van der Waals surface area contributed by atoms with Crippen LogP contribution in [-0.2, 0) is 17.7 Å². The Balaban J connectivity index is 1.44. The van der Waals surface area contributed by atoms with Crippen LogP contribution in [0.2, 0.25) is 0 Å². The molecule has 1 fully saturated rings. The summed E-state index contributed by atoms with van der Waals surface area (Å²) in [5.74, 6) is 1.82. The lowest BCUT2D eigenvalue weighted by molar-refractivity contribution is -0.0756. The van der Waals surface area contributed by atoms with Crippen molar-refractivity contribution in [3.05, 3.63) is 65.9 Å². The minimum atomic E-state index is -0.198. The van der Waals surface area contributed by atoms with Gasteiger partial charge in [0.2, 0.25) is 0 Å². The predicted molar refractivity (Wildman–Crippen MR) is 101 cm³/mol. The van der Waals surface area contributed by atoms with Crippen molar-refractivity contribution in [1.82, 2.24) is 10.5 Å². The van der Waals surface area contributed by atoms with E-state index in [1.54, 1.807) is 13.2 Å². The Morgan fingerprint density at radius 3 is 2.59 bits per heavy atom. The van der Waals surface area contributed by atoms with Gasteiger partial charge < -0.3 is 24.4 Å². The molecular weight excluding hydrogens is 344 g/mol. The molecule has 0 saturated carbocycles. The fourth-order valence-electron chi connectivity index (χ4n) is 3.19. The van der Waals surface area contributed by atoms with Gasteiger partial charge in [-0.25, -0.2) is 0 Å². The van der Waals surface area contributed by atoms with Crippen molar-refractivity contribution in [2.45, 2.75) is 18.5 Å². The number of rotatable bonds is 7. The van der Waals surface area contributed by atoms with Crippen molar-refractivity contribution in [2.75, 3.05) is 20.3 Å². The number of aromatic nitrogens is 1. The molecule has 2 N–H and O–H groups in total. The number of hydrogen-bond donors (Lipinski definition) is 2. The molecule has 1 saturated heterocycles. The largest absolute Gasteiger partial charge is 0.508 e. The molecule has 2 aromatic carbocycles. The zero-order chi connectivity index (χ0) is 18.7. The Kier molecular flexibility index (Phi) is 4.83. The normalized spacial score (nSPS) is 15.3. The van der Waals surface area contributed by atoms with E-state index < -0.39 is 0 Å². The van der Waals surface area contributed by atoms with Gasteiger partial charge in [0.15, 0.2) is 5.76 Å². The lowest BCUT2D eigenvalue weighted by Crippen LogP contribution is -2.61. The minimum Gasteiger partial charge on any atom is -0.508 e. The van der Waals surface area contributed by atoms with Gasteiger partial charge in [0.05, 0.1) is 31.6 Å². The number of aromatic hydroxyl groups is 1. The zero-order valence-corrected chi connectivity index (χ0v) is 15.1. The topological polar surface area (TPSA) is 76.8 Å². The van der Waals surface area contributed by atoms with Gasteiger partial charge in [-0.05, 0) is 30.3 Å². The second-order valence-corrected chi connectivity index (χ2v) is 6.84. The molecule has 3 aromatic rings. The molecule has 27 heavy (non-hydrogen) atoms. The Morgan fingerprint density at radius 2 is 1.93 bits per heavy atom. The molecule has 0 unspecified atom stereocenters. The smallest absolute Gasteiger partial charge is 0.167 e. The van der Waals surface area contributed by atoms with Crippen molar-refractivity contribution >= 4 is 0 Å². The number of nitrogens with zero attached hydrogens (tertiary/aromatic N) is 1. The number of phenolic OH excluding ortho intramolecular Hbond substituents is 1. The standard InChI is InChI=1S/C21H22N2O4/c1-25-18-8-6-15(7-9-18)20-10-17(23-27-20)11-21(13-26-14-21)22-12-16-4-2-3-5-19(16)24/h2-10,22,24H,11-14H2,1H3. The van der Waals surface area contributed by atoms with Crippen molar-refractivity contribution in [1.29, 1.82) is 0 Å². The number of methoxy groups -OCH3 is 1. The van der Waals surface area contributed by atoms with E-state index in [1.807, 2.05) is 48.5 Å². The molecule has 4 rings (SSSR count). The number of para-hydroxylation sites is 1. The Morgan fingerprint density at radius 1 is 1.15 bits per heavy atom. The second kappa shape index (κ2) is 7.42. The van der Waals surface area contributed by atoms with Crippen LogP contribution in [0.3, 0.4) is 0 Å². The van der Waals surface area contributed by atoms with Crippen molar-refractivity contribution in [3.63, 3.8) is 0 Å². The van der Waals surface area contributed by atoms with Gasteiger partial charge in [0.25, 0.3) is 0 Å². The number of phenols is 1. The minimum absolute atomic E-state index is 0.198. The number of ether oxygens (including phenoxy) is 2. The summed E-state index contributed by atoms with van der Waals surface area (Å²) in [5, 5.41) is 17.7. The molecule has 0 amide bonds. The molecule has 1 aliphatic heterocycles. The average Bonchev–Trinajstić information content (AvgIpc) is 3.13. The van der Waals surface area contributed by atoms with E-state index in [1.165, 1.54) is 0 Å². The molecule has 140 valence electrons. The molecule has 0 aliphatic carbocycles. The summed E-state index contributed by atoms with van der Waals surface area (Å²) in [6, 6.07) is 17.0. The maximum absolute atomic E-state index is 9.95. The predicted octanol–water partition coefficient (Wildman–Crippen LogP) is 3.16. The highest BCUT2D eigenvalue weighted by molar-refractivity contribution is 5.58. The summed E-state index contributed by atoms with van der Waals surface area (Å²) in [4.78, 5) is 0. The van der Waals surface area contributed by atoms with Gasteiger partial charge in [-0.2, -0.15) is 0 Å². The molecule has 2 heterocycles. The van der Waals surface area contributed by atoms with Crippen LogP contribution in [-0.4, -0.2) is 36.1 Å². The highest BCUT2D eigenvalue weighted by Crippen LogP contribution is 2.28. The van der Waals surface area contributed by atoms with Gasteiger partial charge in [-0.15, -0.1) is 0 Å². The van der Waals surface area contributed by atoms with Crippen molar-refractivity contribution in [2.24, 2.45) is 0 Å². The highest BCUT2D eigenvalue weighted by Gasteiger charge is 2.39. The van der Waals surface area contributed by atoms with Crippen LogP contribution in [0, 0.1) is 0 Å². The third kappa shape index (κ3) is 3.82. The fourth-order valence-corrected chi connectivity index (χ4v) is 3.19. The number of benzene rings is 2. The lowest BCUT2D eigenvalue weighted by Gasteiger charge is -2.42. The molecule has 0 spiro atoms. The maximum atomic E-state index is 9.95. The van der Waals surface area contributed by atoms with Gasteiger partial charge in [0, 0.05) is 30.2 Å². The monoisotopic (exact) mass is 366 g/mol. The molecule has 0 atom stereocenters. The average molecular weight is 366 g/mol.